The molecule has 3 atom stereocenters. The van der Waals surface area contributed by atoms with Crippen molar-refractivity contribution in [2.45, 2.75) is 58.0 Å². The second kappa shape index (κ2) is 6.96. The van der Waals surface area contributed by atoms with Crippen LogP contribution in [0.1, 0.15) is 37.8 Å². The van der Waals surface area contributed by atoms with Crippen LogP contribution in [0.25, 0.3) is 11.1 Å². The van der Waals surface area contributed by atoms with Crippen LogP contribution in [0.4, 0.5) is 0 Å². The Morgan fingerprint density at radius 2 is 1.93 bits per heavy atom. The van der Waals surface area contributed by atoms with E-state index in [0.717, 1.165) is 19.5 Å². The van der Waals surface area contributed by atoms with Crippen molar-refractivity contribution in [3.05, 3.63) is 59.7 Å². The second-order valence-corrected chi connectivity index (χ2v) is 9.24. The molecule has 1 amide bonds. The van der Waals surface area contributed by atoms with E-state index in [9.17, 15) is 4.79 Å². The van der Waals surface area contributed by atoms with Crippen LogP contribution in [0.3, 0.4) is 0 Å². The van der Waals surface area contributed by atoms with E-state index < -0.39 is 0 Å². The van der Waals surface area contributed by atoms with Crippen molar-refractivity contribution in [3.8, 4) is 11.1 Å². The third-order valence-electron chi connectivity index (χ3n) is 7.06. The van der Waals surface area contributed by atoms with E-state index in [1.54, 1.807) is 0 Å². The van der Waals surface area contributed by atoms with Gasteiger partial charge in [0.15, 0.2) is 5.72 Å². The number of nitrogens with zero attached hydrogens (tertiary/aromatic N) is 2. The van der Waals surface area contributed by atoms with Crippen LogP contribution in [-0.4, -0.2) is 46.7 Å². The standard InChI is InChI=1S/C25H30N2O2/c1-17(2)22-16-29-25-11-12-26(23(25)14-24(28)27(22)25)15-19-7-9-20(10-8-19)21-6-4-5-18(3)13-21/h4-10,13,17,22-23H,11-12,14-16H2,1-3H3/t22-,23+,25-/m0/s1. The van der Waals surface area contributed by atoms with E-state index in [4.69, 9.17) is 4.74 Å². The SMILES string of the molecule is Cc1cccc(-c2ccc(CN3CC[C@@]45OC[C@@H](C(C)C)N4C(=O)C[C@@H]35)cc2)c1. The molecule has 0 aromatic heterocycles. The number of amides is 1. The summed E-state index contributed by atoms with van der Waals surface area (Å²) >= 11 is 0. The number of rotatable bonds is 4. The van der Waals surface area contributed by atoms with Crippen LogP contribution in [-0.2, 0) is 16.1 Å². The lowest BCUT2D eigenvalue weighted by Crippen LogP contribution is -2.50. The number of carbonyl (C=O) groups is 1. The van der Waals surface area contributed by atoms with Gasteiger partial charge < -0.3 is 9.64 Å². The molecule has 5 rings (SSSR count). The van der Waals surface area contributed by atoms with Gasteiger partial charge >= 0.3 is 0 Å². The number of hydrogen-bond donors (Lipinski definition) is 0. The normalized spacial score (nSPS) is 29.0. The molecule has 3 heterocycles. The van der Waals surface area contributed by atoms with Crippen molar-refractivity contribution < 1.29 is 9.53 Å². The highest BCUT2D eigenvalue weighted by Gasteiger charge is 2.64. The smallest absolute Gasteiger partial charge is 0.226 e. The lowest BCUT2D eigenvalue weighted by Gasteiger charge is -2.34. The minimum absolute atomic E-state index is 0.176. The molecule has 3 fully saturated rings. The fourth-order valence-electron chi connectivity index (χ4n) is 5.51. The van der Waals surface area contributed by atoms with Gasteiger partial charge in [-0.1, -0.05) is 67.9 Å². The van der Waals surface area contributed by atoms with Gasteiger partial charge in [0.1, 0.15) is 0 Å². The fraction of sp³-hybridized carbons (Fsp3) is 0.480. The molecule has 0 unspecified atom stereocenters. The Bertz CT molecular complexity index is 923. The van der Waals surface area contributed by atoms with Crippen LogP contribution in [0.2, 0.25) is 0 Å². The molecule has 0 N–H and O–H groups in total. The molecule has 0 saturated carbocycles. The first-order chi connectivity index (χ1) is 14.0. The maximum Gasteiger partial charge on any atom is 0.226 e. The van der Waals surface area contributed by atoms with Crippen LogP contribution < -0.4 is 0 Å². The van der Waals surface area contributed by atoms with E-state index in [2.05, 4.69) is 79.1 Å². The zero-order valence-electron chi connectivity index (χ0n) is 17.6. The van der Waals surface area contributed by atoms with E-state index in [0.29, 0.717) is 18.9 Å². The van der Waals surface area contributed by atoms with E-state index >= 15 is 0 Å². The number of likely N-dealkylation sites (tertiary alicyclic amines) is 1. The zero-order chi connectivity index (χ0) is 20.2. The molecular weight excluding hydrogens is 360 g/mol. The minimum atomic E-state index is -0.381. The lowest BCUT2D eigenvalue weighted by molar-refractivity contribution is -0.139. The number of ether oxygens (including phenoxy) is 1. The Kier molecular flexibility index (Phi) is 4.52. The monoisotopic (exact) mass is 390 g/mol. The first-order valence-corrected chi connectivity index (χ1v) is 10.8. The summed E-state index contributed by atoms with van der Waals surface area (Å²) in [6.07, 6.45) is 1.51. The Hall–Kier alpha value is -2.17. The average Bonchev–Trinajstić information content (AvgIpc) is 3.32. The molecule has 0 radical (unpaired) electrons. The third kappa shape index (κ3) is 3.01. The Balaban J connectivity index is 1.33. The molecule has 3 saturated heterocycles. The van der Waals surface area contributed by atoms with Crippen molar-refractivity contribution in [2.24, 2.45) is 5.92 Å². The first kappa shape index (κ1) is 18.8. The van der Waals surface area contributed by atoms with Crippen LogP contribution in [0.15, 0.2) is 48.5 Å². The van der Waals surface area contributed by atoms with Crippen molar-refractivity contribution in [2.75, 3.05) is 13.2 Å². The molecule has 2 aromatic rings. The Morgan fingerprint density at radius 3 is 2.66 bits per heavy atom. The lowest BCUT2D eigenvalue weighted by atomic mass is 10.0. The molecule has 1 spiro atoms. The molecule has 4 heteroatoms. The fourth-order valence-corrected chi connectivity index (χ4v) is 5.51. The van der Waals surface area contributed by atoms with Gasteiger partial charge in [0, 0.05) is 25.9 Å². The maximum atomic E-state index is 12.8. The van der Waals surface area contributed by atoms with E-state index in [-0.39, 0.29) is 23.7 Å². The molecule has 4 nitrogen and oxygen atoms in total. The van der Waals surface area contributed by atoms with Gasteiger partial charge in [-0.05, 0) is 29.5 Å². The highest BCUT2D eigenvalue weighted by molar-refractivity contribution is 5.82. The van der Waals surface area contributed by atoms with Gasteiger partial charge in [-0.2, -0.15) is 0 Å². The second-order valence-electron chi connectivity index (χ2n) is 9.24. The topological polar surface area (TPSA) is 32.8 Å². The highest BCUT2D eigenvalue weighted by atomic mass is 16.5. The van der Waals surface area contributed by atoms with Crippen LogP contribution in [0, 0.1) is 12.8 Å². The van der Waals surface area contributed by atoms with Gasteiger partial charge in [-0.15, -0.1) is 0 Å². The molecule has 3 aliphatic heterocycles. The summed E-state index contributed by atoms with van der Waals surface area (Å²) in [4.78, 5) is 17.4. The summed E-state index contributed by atoms with van der Waals surface area (Å²) in [5.41, 5.74) is 4.70. The van der Waals surface area contributed by atoms with Gasteiger partial charge in [0.2, 0.25) is 5.91 Å². The molecule has 29 heavy (non-hydrogen) atoms. The summed E-state index contributed by atoms with van der Waals surface area (Å²) in [5.74, 6) is 0.700. The average molecular weight is 391 g/mol. The van der Waals surface area contributed by atoms with Crippen molar-refractivity contribution in [3.63, 3.8) is 0 Å². The van der Waals surface area contributed by atoms with Gasteiger partial charge in [-0.25, -0.2) is 0 Å². The van der Waals surface area contributed by atoms with E-state index in [1.807, 2.05) is 0 Å². The Morgan fingerprint density at radius 1 is 1.14 bits per heavy atom. The van der Waals surface area contributed by atoms with Gasteiger partial charge in [0.25, 0.3) is 0 Å². The van der Waals surface area contributed by atoms with Gasteiger partial charge in [-0.3, -0.25) is 9.69 Å². The van der Waals surface area contributed by atoms with Gasteiger partial charge in [0.05, 0.1) is 18.7 Å². The number of hydrogen-bond acceptors (Lipinski definition) is 3. The molecule has 0 bridgehead atoms. The summed E-state index contributed by atoms with van der Waals surface area (Å²) in [7, 11) is 0. The quantitative estimate of drug-likeness (QED) is 0.784. The zero-order valence-corrected chi connectivity index (χ0v) is 17.6. The molecule has 0 aliphatic carbocycles. The molecule has 3 aliphatic rings. The first-order valence-electron chi connectivity index (χ1n) is 10.8. The number of aryl methyl sites for hydroxylation is 1. The van der Waals surface area contributed by atoms with Crippen molar-refractivity contribution in [1.29, 1.82) is 0 Å². The number of benzene rings is 2. The van der Waals surface area contributed by atoms with Crippen molar-refractivity contribution in [1.82, 2.24) is 9.80 Å². The van der Waals surface area contributed by atoms with Crippen LogP contribution in [0.5, 0.6) is 0 Å². The summed E-state index contributed by atoms with van der Waals surface area (Å²) < 4.78 is 6.35. The highest BCUT2D eigenvalue weighted by Crippen LogP contribution is 2.49. The van der Waals surface area contributed by atoms with Crippen molar-refractivity contribution >= 4 is 5.91 Å². The maximum absolute atomic E-state index is 12.8. The summed E-state index contributed by atoms with van der Waals surface area (Å²) in [6, 6.07) is 17.9. The predicted octanol–water partition coefficient (Wildman–Crippen LogP) is 4.22. The summed E-state index contributed by atoms with van der Waals surface area (Å²) in [6.45, 7) is 9.05. The predicted molar refractivity (Wildman–Crippen MR) is 114 cm³/mol. The third-order valence-corrected chi connectivity index (χ3v) is 7.06. The Labute approximate surface area is 173 Å². The molecule has 152 valence electrons. The largest absolute Gasteiger partial charge is 0.352 e. The van der Waals surface area contributed by atoms with E-state index in [1.165, 1.54) is 22.3 Å². The van der Waals surface area contributed by atoms with Crippen LogP contribution >= 0.6 is 0 Å². The minimum Gasteiger partial charge on any atom is -0.352 e. The molecule has 2 aromatic carbocycles. The molecular formula is C25H30N2O2. The summed E-state index contributed by atoms with van der Waals surface area (Å²) in [5, 5.41) is 0. The number of carbonyl (C=O) groups excluding carboxylic acids is 1.